The van der Waals surface area contributed by atoms with Crippen molar-refractivity contribution in [2.45, 2.75) is 6.92 Å². The number of nitrogens with one attached hydrogen (secondary N) is 1. The molecule has 0 unspecified atom stereocenters. The Balaban J connectivity index is 3.05. The Morgan fingerprint density at radius 1 is 2.00 bits per heavy atom. The maximum absolute atomic E-state index is 9.83. The summed E-state index contributed by atoms with van der Waals surface area (Å²) in [6.07, 6.45) is 2.22. The predicted molar refractivity (Wildman–Crippen MR) is 22.7 cm³/mol. The van der Waals surface area contributed by atoms with Crippen LogP contribution in [0.2, 0.25) is 0 Å². The van der Waals surface area contributed by atoms with Crippen LogP contribution in [-0.4, -0.2) is 5.91 Å². The standard InChI is InChI=1S/C4H6NO/c1-3-5-4(2)6/h1H2,2H3,(H,5,6). The minimum absolute atomic E-state index is 0.134. The highest BCUT2D eigenvalue weighted by Crippen LogP contribution is 1.52. The topological polar surface area (TPSA) is 29.1 Å². The Morgan fingerprint density at radius 3 is 2.50 bits per heavy atom. The highest BCUT2D eigenvalue weighted by molar-refractivity contribution is 5.73. The molecule has 0 spiro atoms. The van der Waals surface area contributed by atoms with Gasteiger partial charge in [-0.2, -0.15) is 0 Å². The van der Waals surface area contributed by atoms with E-state index < -0.39 is 0 Å². The van der Waals surface area contributed by atoms with Crippen molar-refractivity contribution in [3.63, 3.8) is 0 Å². The minimum atomic E-state index is -0.134. The van der Waals surface area contributed by atoms with Crippen LogP contribution in [0.4, 0.5) is 0 Å². The van der Waals surface area contributed by atoms with Crippen LogP contribution in [0.1, 0.15) is 6.92 Å². The zero-order valence-corrected chi connectivity index (χ0v) is 3.62. The molecule has 0 saturated heterocycles. The highest BCUT2D eigenvalue weighted by atomic mass is 16.1. The Labute approximate surface area is 36.9 Å². The van der Waals surface area contributed by atoms with E-state index in [1.807, 2.05) is 0 Å². The highest BCUT2D eigenvalue weighted by Gasteiger charge is 1.76. The van der Waals surface area contributed by atoms with Gasteiger partial charge < -0.3 is 5.32 Å². The van der Waals surface area contributed by atoms with Crippen molar-refractivity contribution >= 4 is 5.91 Å². The molecule has 0 aliphatic carbocycles. The second-order valence-electron chi connectivity index (χ2n) is 0.858. The summed E-state index contributed by atoms with van der Waals surface area (Å²) >= 11 is 0. The van der Waals surface area contributed by atoms with Gasteiger partial charge >= 0.3 is 0 Å². The first kappa shape index (κ1) is 5.21. The molecule has 0 aromatic rings. The maximum atomic E-state index is 9.83. The number of amides is 1. The Kier molecular flexibility index (Phi) is 2.13. The van der Waals surface area contributed by atoms with Crippen LogP contribution in [-0.2, 0) is 4.79 Å². The molecule has 0 rings (SSSR count). The van der Waals surface area contributed by atoms with E-state index in [2.05, 4.69) is 18.1 Å². The molecule has 1 N–H and O–H groups in total. The van der Waals surface area contributed by atoms with E-state index in [1.54, 1.807) is 0 Å². The third-order valence-electron chi connectivity index (χ3n) is 0.264. The van der Waals surface area contributed by atoms with E-state index in [0.717, 1.165) is 0 Å². The lowest BCUT2D eigenvalue weighted by atomic mass is 10.7. The first-order valence-corrected chi connectivity index (χ1v) is 1.56. The van der Waals surface area contributed by atoms with Gasteiger partial charge in [0.1, 0.15) is 0 Å². The van der Waals surface area contributed by atoms with E-state index in [1.165, 1.54) is 6.92 Å². The molecule has 0 saturated carbocycles. The van der Waals surface area contributed by atoms with Gasteiger partial charge in [0.25, 0.3) is 0 Å². The van der Waals surface area contributed by atoms with E-state index >= 15 is 0 Å². The molecule has 2 heteroatoms. The zero-order chi connectivity index (χ0) is 4.99. The Hall–Kier alpha value is -0.790. The third-order valence-corrected chi connectivity index (χ3v) is 0.264. The number of hydrogen-bond acceptors (Lipinski definition) is 1. The fourth-order valence-corrected chi connectivity index (χ4v) is 0.124. The number of carbonyl (C=O) groups is 1. The van der Waals surface area contributed by atoms with Crippen LogP contribution in [0, 0.1) is 6.20 Å². The summed E-state index contributed by atoms with van der Waals surface area (Å²) in [5.41, 5.74) is 0. The molecule has 0 bridgehead atoms. The van der Waals surface area contributed by atoms with Crippen LogP contribution < -0.4 is 5.32 Å². The van der Waals surface area contributed by atoms with Crippen molar-refractivity contribution in [3.8, 4) is 0 Å². The fourth-order valence-electron chi connectivity index (χ4n) is 0.124. The summed E-state index contributed by atoms with van der Waals surface area (Å²) in [7, 11) is 0. The van der Waals surface area contributed by atoms with Gasteiger partial charge in [0, 0.05) is 6.92 Å². The Bertz CT molecular complexity index is 67.9. The number of rotatable bonds is 1. The molecule has 0 atom stereocenters. The summed E-state index contributed by atoms with van der Waals surface area (Å²) in [6, 6.07) is 0. The summed E-state index contributed by atoms with van der Waals surface area (Å²) in [5, 5.41) is 2.21. The van der Waals surface area contributed by atoms with Crippen LogP contribution in [0.3, 0.4) is 0 Å². The average molecular weight is 84.1 g/mol. The summed E-state index contributed by atoms with van der Waals surface area (Å²) in [6.45, 7) is 4.54. The smallest absolute Gasteiger partial charge is 0.221 e. The molecular formula is C4H6NO. The van der Waals surface area contributed by atoms with Crippen LogP contribution in [0.15, 0.2) is 6.58 Å². The van der Waals surface area contributed by atoms with Gasteiger partial charge in [-0.05, 0) is 0 Å². The number of carbonyl (C=O) groups excluding carboxylic acids is 1. The molecule has 1 radical (unpaired) electrons. The van der Waals surface area contributed by atoms with E-state index in [-0.39, 0.29) is 5.91 Å². The maximum Gasteiger partial charge on any atom is 0.221 e. The van der Waals surface area contributed by atoms with Gasteiger partial charge in [0.2, 0.25) is 5.91 Å². The molecule has 0 aromatic heterocycles. The number of hydrogen-bond donors (Lipinski definition) is 1. The van der Waals surface area contributed by atoms with Gasteiger partial charge in [0.15, 0.2) is 0 Å². The first-order valence-electron chi connectivity index (χ1n) is 1.56. The van der Waals surface area contributed by atoms with Crippen molar-refractivity contribution in [2.75, 3.05) is 0 Å². The molecular weight excluding hydrogens is 78.0 g/mol. The quantitative estimate of drug-likeness (QED) is 0.447. The molecule has 33 valence electrons. The lowest BCUT2D eigenvalue weighted by Gasteiger charge is -1.81. The Morgan fingerprint density at radius 2 is 2.50 bits per heavy atom. The fraction of sp³-hybridized carbons (Fsp3) is 0.250. The minimum Gasteiger partial charge on any atom is -0.325 e. The van der Waals surface area contributed by atoms with Gasteiger partial charge in [-0.25, -0.2) is 0 Å². The SMILES string of the molecule is C=[C]NC(C)=O. The third kappa shape index (κ3) is 3.21. The normalized spacial score (nSPS) is 6.83. The van der Waals surface area contributed by atoms with Crippen molar-refractivity contribution < 1.29 is 4.79 Å². The molecule has 2 nitrogen and oxygen atoms in total. The van der Waals surface area contributed by atoms with Crippen LogP contribution in [0.25, 0.3) is 0 Å². The van der Waals surface area contributed by atoms with Gasteiger partial charge in [0.05, 0.1) is 6.20 Å². The second-order valence-corrected chi connectivity index (χ2v) is 0.858. The molecule has 6 heavy (non-hydrogen) atoms. The van der Waals surface area contributed by atoms with Crippen molar-refractivity contribution in [2.24, 2.45) is 0 Å². The van der Waals surface area contributed by atoms with Gasteiger partial charge in [-0.1, -0.05) is 6.58 Å². The molecule has 0 fully saturated rings. The van der Waals surface area contributed by atoms with Gasteiger partial charge in [-0.15, -0.1) is 0 Å². The predicted octanol–water partition coefficient (Wildman–Crippen LogP) is 0.0692. The molecule has 0 aliphatic rings. The van der Waals surface area contributed by atoms with E-state index in [0.29, 0.717) is 0 Å². The van der Waals surface area contributed by atoms with Crippen molar-refractivity contribution in [3.05, 3.63) is 12.8 Å². The summed E-state index contributed by atoms with van der Waals surface area (Å²) < 4.78 is 0. The second kappa shape index (κ2) is 2.45. The van der Waals surface area contributed by atoms with Gasteiger partial charge in [-0.3, -0.25) is 4.79 Å². The zero-order valence-electron chi connectivity index (χ0n) is 3.62. The summed E-state index contributed by atoms with van der Waals surface area (Å²) in [4.78, 5) is 9.83. The lowest BCUT2D eigenvalue weighted by Crippen LogP contribution is -2.10. The monoisotopic (exact) mass is 84.0 g/mol. The van der Waals surface area contributed by atoms with Crippen LogP contribution >= 0.6 is 0 Å². The molecule has 1 amide bonds. The van der Waals surface area contributed by atoms with Crippen molar-refractivity contribution in [1.29, 1.82) is 0 Å². The lowest BCUT2D eigenvalue weighted by molar-refractivity contribution is -0.118. The van der Waals surface area contributed by atoms with Crippen LogP contribution in [0.5, 0.6) is 0 Å². The van der Waals surface area contributed by atoms with E-state index in [4.69, 9.17) is 0 Å². The summed E-state index contributed by atoms with van der Waals surface area (Å²) in [5.74, 6) is -0.134. The van der Waals surface area contributed by atoms with E-state index in [9.17, 15) is 4.79 Å². The molecule has 0 aromatic carbocycles. The molecule has 0 aliphatic heterocycles. The molecule has 0 heterocycles. The first-order chi connectivity index (χ1) is 2.77. The van der Waals surface area contributed by atoms with Crippen molar-refractivity contribution in [1.82, 2.24) is 5.32 Å². The largest absolute Gasteiger partial charge is 0.325 e. The average Bonchev–Trinajstić information content (AvgIpc) is 1.35.